The van der Waals surface area contributed by atoms with Gasteiger partial charge in [0.25, 0.3) is 5.91 Å². The Balaban J connectivity index is 1.59. The first-order valence-electron chi connectivity index (χ1n) is 14.8. The van der Waals surface area contributed by atoms with E-state index < -0.39 is 28.7 Å². The summed E-state index contributed by atoms with van der Waals surface area (Å²) in [6.07, 6.45) is 4.08. The second kappa shape index (κ2) is 12.5. The smallest absolute Gasteiger partial charge is 0.251 e. The lowest BCUT2D eigenvalue weighted by Gasteiger charge is -2.42. The molecule has 9 heteroatoms. The van der Waals surface area contributed by atoms with Gasteiger partial charge in [-0.25, -0.2) is 0 Å². The van der Waals surface area contributed by atoms with Crippen molar-refractivity contribution < 1.29 is 19.5 Å². The molecule has 0 aliphatic carbocycles. The number of carbonyl (C=O) groups is 3. The highest BCUT2D eigenvalue weighted by molar-refractivity contribution is 8.02. The van der Waals surface area contributed by atoms with Gasteiger partial charge in [0, 0.05) is 24.9 Å². The molecule has 2 aromatic carbocycles. The summed E-state index contributed by atoms with van der Waals surface area (Å²) in [6.45, 7) is 14.2. The fourth-order valence-corrected chi connectivity index (χ4v) is 10.2. The topological polar surface area (TPSA) is 81.2 Å². The van der Waals surface area contributed by atoms with Crippen LogP contribution in [0.4, 0.5) is 5.69 Å². The number of rotatable bonds is 11. The molecule has 0 aromatic heterocycles. The highest BCUT2D eigenvalue weighted by Gasteiger charge is 2.76. The van der Waals surface area contributed by atoms with E-state index in [2.05, 4.69) is 20.1 Å². The number of thioether (sulfide) groups is 1. The van der Waals surface area contributed by atoms with Gasteiger partial charge in [-0.05, 0) is 43.4 Å². The van der Waals surface area contributed by atoms with Crippen LogP contribution >= 0.6 is 23.4 Å². The Labute approximate surface area is 263 Å². The van der Waals surface area contributed by atoms with Crippen molar-refractivity contribution in [3.05, 3.63) is 90.0 Å². The summed E-state index contributed by atoms with van der Waals surface area (Å²) in [7, 11) is 0. The van der Waals surface area contributed by atoms with E-state index >= 15 is 0 Å². The fourth-order valence-electron chi connectivity index (χ4n) is 7.52. The van der Waals surface area contributed by atoms with E-state index in [9.17, 15) is 19.5 Å². The summed E-state index contributed by atoms with van der Waals surface area (Å²) in [6, 6.07) is 13.8. The first-order valence-corrected chi connectivity index (χ1v) is 16.1. The lowest BCUT2D eigenvalue weighted by molar-refractivity contribution is -0.145. The monoisotopic (exact) mass is 621 g/mol. The largest absolute Gasteiger partial charge is 0.394 e. The molecule has 1 spiro atoms. The maximum absolute atomic E-state index is 14.9. The molecule has 3 unspecified atom stereocenters. The first-order chi connectivity index (χ1) is 20.6. The van der Waals surface area contributed by atoms with Crippen LogP contribution in [0.25, 0.3) is 0 Å². The van der Waals surface area contributed by atoms with Gasteiger partial charge in [0.2, 0.25) is 11.8 Å². The number of hydrogen-bond acceptors (Lipinski definition) is 5. The minimum absolute atomic E-state index is 0.00903. The first kappa shape index (κ1) is 31.4. The molecule has 228 valence electrons. The molecule has 5 rings (SSSR count). The molecular weight excluding hydrogens is 582 g/mol. The van der Waals surface area contributed by atoms with Crippen molar-refractivity contribution >= 4 is 46.8 Å². The van der Waals surface area contributed by atoms with Gasteiger partial charge < -0.3 is 19.8 Å². The predicted molar refractivity (Wildman–Crippen MR) is 173 cm³/mol. The molecule has 1 N–H and O–H groups in total. The molecule has 3 heterocycles. The van der Waals surface area contributed by atoms with Crippen molar-refractivity contribution in [3.63, 3.8) is 0 Å². The maximum Gasteiger partial charge on any atom is 0.251 e. The molecule has 2 aromatic rings. The summed E-state index contributed by atoms with van der Waals surface area (Å²) in [4.78, 5) is 48.8. The third-order valence-corrected chi connectivity index (χ3v) is 11.7. The highest BCUT2D eigenvalue weighted by atomic mass is 35.5. The molecule has 3 fully saturated rings. The third-order valence-electron chi connectivity index (χ3n) is 9.36. The van der Waals surface area contributed by atoms with E-state index in [1.54, 1.807) is 51.6 Å². The van der Waals surface area contributed by atoms with Crippen LogP contribution in [-0.4, -0.2) is 74.4 Å². The van der Waals surface area contributed by atoms with Crippen molar-refractivity contribution in [2.75, 3.05) is 24.6 Å². The fraction of sp³-hybridized carbons (Fsp3) is 0.441. The van der Waals surface area contributed by atoms with E-state index in [0.717, 1.165) is 17.5 Å². The van der Waals surface area contributed by atoms with Gasteiger partial charge in [-0.15, -0.1) is 24.9 Å². The van der Waals surface area contributed by atoms with Crippen LogP contribution < -0.4 is 4.90 Å². The Morgan fingerprint density at radius 3 is 2.47 bits per heavy atom. The number of amides is 3. The van der Waals surface area contributed by atoms with Crippen LogP contribution in [-0.2, 0) is 20.9 Å². The van der Waals surface area contributed by atoms with Crippen LogP contribution in [0.2, 0.25) is 5.02 Å². The summed E-state index contributed by atoms with van der Waals surface area (Å²) in [5, 5.41) is 10.6. The predicted octanol–water partition coefficient (Wildman–Crippen LogP) is 5.10. The molecule has 3 amide bonds. The van der Waals surface area contributed by atoms with Crippen molar-refractivity contribution in [3.8, 4) is 0 Å². The number of anilines is 1. The summed E-state index contributed by atoms with van der Waals surface area (Å²) in [5.74, 6) is -1.89. The number of aryl methyl sites for hydroxylation is 1. The van der Waals surface area contributed by atoms with Crippen LogP contribution in [0.5, 0.6) is 0 Å². The molecule has 7 nitrogen and oxygen atoms in total. The average molecular weight is 622 g/mol. The maximum atomic E-state index is 14.9. The second-order valence-corrected chi connectivity index (χ2v) is 13.9. The number of nitrogens with zero attached hydrogens (tertiary/aromatic N) is 3. The Morgan fingerprint density at radius 2 is 1.84 bits per heavy atom. The zero-order valence-electron chi connectivity index (χ0n) is 25.0. The van der Waals surface area contributed by atoms with E-state index in [1.807, 2.05) is 49.4 Å². The minimum Gasteiger partial charge on any atom is -0.394 e. The van der Waals surface area contributed by atoms with Crippen LogP contribution in [0, 0.1) is 24.7 Å². The van der Waals surface area contributed by atoms with Gasteiger partial charge in [-0.1, -0.05) is 73.1 Å². The number of carbonyl (C=O) groups excluding carboxylic acids is 3. The van der Waals surface area contributed by atoms with E-state index in [0.29, 0.717) is 23.8 Å². The molecule has 0 radical (unpaired) electrons. The van der Waals surface area contributed by atoms with Crippen LogP contribution in [0.1, 0.15) is 31.4 Å². The Morgan fingerprint density at radius 1 is 1.14 bits per heavy atom. The molecule has 2 bridgehead atoms. The lowest BCUT2D eigenvalue weighted by Crippen LogP contribution is -2.59. The second-order valence-electron chi connectivity index (χ2n) is 12.0. The van der Waals surface area contributed by atoms with Crippen molar-refractivity contribution in [2.24, 2.45) is 17.8 Å². The third kappa shape index (κ3) is 5.11. The molecule has 7 atom stereocenters. The Bertz CT molecular complexity index is 1400. The summed E-state index contributed by atoms with van der Waals surface area (Å²) in [5.41, 5.74) is 2.40. The van der Waals surface area contributed by atoms with Gasteiger partial charge in [0.15, 0.2) is 0 Å². The molecule has 3 aliphatic heterocycles. The number of para-hydroxylation sites is 1. The Hall–Kier alpha value is -3.07. The SMILES string of the molecule is C=CCN(Cc1ccccc1)C(=O)[C@@H]1[C@H]2C(=O)N([C@H](C)CO)C(C(=O)N(CC=C)c3c(C)cccc3Cl)C23S[C@@H]1CC3C. The number of fused-ring (bicyclic) bond motifs is 1. The van der Waals surface area contributed by atoms with Crippen LogP contribution in [0.3, 0.4) is 0 Å². The summed E-state index contributed by atoms with van der Waals surface area (Å²) >= 11 is 8.29. The zero-order valence-corrected chi connectivity index (χ0v) is 26.6. The van der Waals surface area contributed by atoms with Gasteiger partial charge in [0.05, 0.1) is 39.9 Å². The number of halogens is 1. The number of likely N-dealkylation sites (tertiary alicyclic amines) is 1. The number of hydrogen-bond donors (Lipinski definition) is 1. The van der Waals surface area contributed by atoms with E-state index in [1.165, 1.54) is 0 Å². The molecule has 0 saturated carbocycles. The van der Waals surface area contributed by atoms with Crippen molar-refractivity contribution in [2.45, 2.75) is 55.8 Å². The van der Waals surface area contributed by atoms with E-state index in [4.69, 9.17) is 11.6 Å². The summed E-state index contributed by atoms with van der Waals surface area (Å²) < 4.78 is -0.830. The van der Waals surface area contributed by atoms with Gasteiger partial charge in [0.1, 0.15) is 6.04 Å². The number of aliphatic hydroxyl groups is 1. The number of aliphatic hydroxyl groups excluding tert-OH is 1. The van der Waals surface area contributed by atoms with Crippen molar-refractivity contribution in [1.29, 1.82) is 0 Å². The normalized spacial score (nSPS) is 28.0. The molecule has 3 aliphatic rings. The quantitative estimate of drug-likeness (QED) is 0.353. The molecule has 43 heavy (non-hydrogen) atoms. The van der Waals surface area contributed by atoms with Crippen LogP contribution in [0.15, 0.2) is 73.8 Å². The van der Waals surface area contributed by atoms with Crippen molar-refractivity contribution in [1.82, 2.24) is 9.80 Å². The van der Waals surface area contributed by atoms with Gasteiger partial charge >= 0.3 is 0 Å². The Kier molecular flexibility index (Phi) is 9.12. The zero-order chi connectivity index (χ0) is 31.1. The average Bonchev–Trinajstić information content (AvgIpc) is 3.59. The van der Waals surface area contributed by atoms with E-state index in [-0.39, 0.29) is 42.0 Å². The minimum atomic E-state index is -0.882. The molecule has 3 saturated heterocycles. The van der Waals surface area contributed by atoms with Gasteiger partial charge in [-0.2, -0.15) is 0 Å². The lowest BCUT2D eigenvalue weighted by atomic mass is 9.65. The van der Waals surface area contributed by atoms with Gasteiger partial charge in [-0.3, -0.25) is 14.4 Å². The number of benzene rings is 2. The molecular formula is C34H40ClN3O4S. The standard InChI is InChI=1S/C34H40ClN3O4S/c1-6-16-36(19-24-13-9-8-10-14-24)31(40)27-26-18-22(4)34(43-26)28(27)32(41)38(23(5)20-39)30(34)33(42)37(17-7-2)29-21(3)12-11-15-25(29)35/h6-15,22-23,26-28,30,39H,1-2,16-20H2,3-5H3/t22?,23-,26-,27+,28+,30?,34?/m1/s1. The highest BCUT2D eigenvalue weighted by Crippen LogP contribution is 2.69.